The molecule has 1 aromatic carbocycles. The summed E-state index contributed by atoms with van der Waals surface area (Å²) < 4.78 is 0. The quantitative estimate of drug-likeness (QED) is 0.425. The van der Waals surface area contributed by atoms with Crippen molar-refractivity contribution in [1.29, 1.82) is 0 Å². The molecule has 0 unspecified atom stereocenters. The fourth-order valence-corrected chi connectivity index (χ4v) is 3.13. The molecule has 0 spiro atoms. The molecule has 0 saturated heterocycles. The largest absolute Gasteiger partial charge is 0.274 e. The Balaban J connectivity index is 1.57. The maximum atomic E-state index is 12.2. The van der Waals surface area contributed by atoms with Crippen LogP contribution in [-0.2, 0) is 0 Å². The van der Waals surface area contributed by atoms with Crippen LogP contribution in [0.25, 0.3) is 0 Å². The van der Waals surface area contributed by atoms with Crippen LogP contribution >= 0.6 is 0 Å². The lowest BCUT2D eigenvalue weighted by molar-refractivity contribution is 0.0651. The molecule has 3 heteroatoms. The second-order valence-corrected chi connectivity index (χ2v) is 6.34. The van der Waals surface area contributed by atoms with Crippen LogP contribution in [0.2, 0.25) is 0 Å². The summed E-state index contributed by atoms with van der Waals surface area (Å²) in [4.78, 5) is 25.8. The van der Waals surface area contributed by atoms with Crippen molar-refractivity contribution in [1.82, 2.24) is 4.90 Å². The van der Waals surface area contributed by atoms with Crippen LogP contribution in [0, 0.1) is 6.92 Å². The summed E-state index contributed by atoms with van der Waals surface area (Å²) in [5.74, 6) is -0.257. The molecule has 1 radical (unpaired) electrons. The van der Waals surface area contributed by atoms with Crippen molar-refractivity contribution in [3.8, 4) is 0 Å². The van der Waals surface area contributed by atoms with Gasteiger partial charge in [0.05, 0.1) is 11.1 Å². The van der Waals surface area contributed by atoms with E-state index in [2.05, 4.69) is 6.92 Å². The van der Waals surface area contributed by atoms with Gasteiger partial charge in [-0.25, -0.2) is 0 Å². The van der Waals surface area contributed by atoms with Crippen molar-refractivity contribution >= 4 is 11.8 Å². The van der Waals surface area contributed by atoms with Gasteiger partial charge in [0.1, 0.15) is 0 Å². The third-order valence-corrected chi connectivity index (χ3v) is 4.51. The molecule has 3 nitrogen and oxygen atoms in total. The molecule has 1 aromatic rings. The number of fused-ring (bicyclic) bond motifs is 1. The molecule has 0 fully saturated rings. The van der Waals surface area contributed by atoms with Crippen molar-refractivity contribution in [2.45, 2.75) is 64.2 Å². The molecule has 0 saturated carbocycles. The van der Waals surface area contributed by atoms with E-state index in [0.29, 0.717) is 17.7 Å². The molecule has 1 heterocycles. The summed E-state index contributed by atoms with van der Waals surface area (Å²) in [5, 5.41) is 0. The van der Waals surface area contributed by atoms with Crippen LogP contribution in [0.5, 0.6) is 0 Å². The number of rotatable bonds is 11. The first kappa shape index (κ1) is 17.7. The zero-order chi connectivity index (χ0) is 16.5. The summed E-state index contributed by atoms with van der Waals surface area (Å²) in [6.07, 6.45) is 12.0. The molecule has 1 aliphatic heterocycles. The molecule has 2 amide bonds. The minimum atomic E-state index is -0.129. The van der Waals surface area contributed by atoms with Gasteiger partial charge in [0.2, 0.25) is 0 Å². The number of unbranched alkanes of at least 4 members (excludes halogenated alkanes) is 9. The standard InChI is InChI=1S/C20H28NO2/c1-2-3-4-5-6-7-8-9-10-13-16-21-19(22)17-14-11-12-15-18(17)20(21)23/h11-12,14-15H,1-10,13,16H2. The predicted molar refractivity (Wildman–Crippen MR) is 93.3 cm³/mol. The van der Waals surface area contributed by atoms with Gasteiger partial charge in [0.15, 0.2) is 0 Å². The molecule has 0 bridgehead atoms. The number of imide groups is 1. The molecule has 125 valence electrons. The Kier molecular flexibility index (Phi) is 7.31. The van der Waals surface area contributed by atoms with Gasteiger partial charge in [0, 0.05) is 6.54 Å². The monoisotopic (exact) mass is 314 g/mol. The molecule has 0 atom stereocenters. The van der Waals surface area contributed by atoms with Crippen molar-refractivity contribution in [2.24, 2.45) is 0 Å². The van der Waals surface area contributed by atoms with Crippen LogP contribution in [0.3, 0.4) is 0 Å². The number of benzene rings is 1. The smallest absolute Gasteiger partial charge is 0.261 e. The fraction of sp³-hybridized carbons (Fsp3) is 0.550. The average molecular weight is 314 g/mol. The van der Waals surface area contributed by atoms with Crippen LogP contribution in [0.1, 0.15) is 84.9 Å². The van der Waals surface area contributed by atoms with Gasteiger partial charge in [0.25, 0.3) is 11.8 Å². The Morgan fingerprint density at radius 1 is 0.696 bits per heavy atom. The van der Waals surface area contributed by atoms with E-state index >= 15 is 0 Å². The number of nitrogens with zero attached hydrogens (tertiary/aromatic N) is 1. The average Bonchev–Trinajstić information content (AvgIpc) is 2.81. The third kappa shape index (κ3) is 4.92. The van der Waals surface area contributed by atoms with Crippen LogP contribution in [-0.4, -0.2) is 23.3 Å². The highest BCUT2D eigenvalue weighted by atomic mass is 16.2. The highest BCUT2D eigenvalue weighted by Crippen LogP contribution is 2.23. The van der Waals surface area contributed by atoms with Crippen molar-refractivity contribution < 1.29 is 9.59 Å². The highest BCUT2D eigenvalue weighted by molar-refractivity contribution is 6.21. The highest BCUT2D eigenvalue weighted by Gasteiger charge is 2.34. The Labute approximate surface area is 140 Å². The molecule has 0 aromatic heterocycles. The van der Waals surface area contributed by atoms with Gasteiger partial charge in [-0.1, -0.05) is 76.8 Å². The van der Waals surface area contributed by atoms with Gasteiger partial charge in [-0.2, -0.15) is 0 Å². The second kappa shape index (κ2) is 9.49. The van der Waals surface area contributed by atoms with Crippen LogP contribution in [0.15, 0.2) is 24.3 Å². The minimum absolute atomic E-state index is 0.129. The van der Waals surface area contributed by atoms with Crippen molar-refractivity contribution in [3.63, 3.8) is 0 Å². The van der Waals surface area contributed by atoms with Crippen LogP contribution < -0.4 is 0 Å². The van der Waals surface area contributed by atoms with Gasteiger partial charge < -0.3 is 0 Å². The summed E-state index contributed by atoms with van der Waals surface area (Å²) in [7, 11) is 0. The normalized spacial score (nSPS) is 13.7. The SMILES string of the molecule is [CH2]CCCCCCCCCCCN1C(=O)c2ccccc2C1=O. The zero-order valence-corrected chi connectivity index (χ0v) is 14.1. The third-order valence-electron chi connectivity index (χ3n) is 4.51. The lowest BCUT2D eigenvalue weighted by atomic mass is 10.1. The van der Waals surface area contributed by atoms with E-state index < -0.39 is 0 Å². The van der Waals surface area contributed by atoms with Gasteiger partial charge >= 0.3 is 0 Å². The van der Waals surface area contributed by atoms with Crippen molar-refractivity contribution in [2.75, 3.05) is 6.54 Å². The zero-order valence-electron chi connectivity index (χ0n) is 14.1. The van der Waals surface area contributed by atoms with E-state index in [4.69, 9.17) is 0 Å². The first-order chi connectivity index (χ1) is 11.3. The molecule has 0 N–H and O–H groups in total. The maximum absolute atomic E-state index is 12.2. The van der Waals surface area contributed by atoms with E-state index in [1.165, 1.54) is 49.8 Å². The first-order valence-corrected chi connectivity index (χ1v) is 9.00. The number of hydrogen-bond donors (Lipinski definition) is 0. The Morgan fingerprint density at radius 2 is 1.13 bits per heavy atom. The topological polar surface area (TPSA) is 37.4 Å². The van der Waals surface area contributed by atoms with Gasteiger partial charge in [-0.05, 0) is 18.6 Å². The summed E-state index contributed by atoms with van der Waals surface area (Å²) in [6, 6.07) is 7.10. The lowest BCUT2D eigenvalue weighted by Crippen LogP contribution is -2.30. The summed E-state index contributed by atoms with van der Waals surface area (Å²) in [6.45, 7) is 4.41. The second-order valence-electron chi connectivity index (χ2n) is 6.34. The van der Waals surface area contributed by atoms with E-state index in [0.717, 1.165) is 19.3 Å². The Bertz CT molecular complexity index is 489. The first-order valence-electron chi connectivity index (χ1n) is 9.00. The fourth-order valence-electron chi connectivity index (χ4n) is 3.13. The summed E-state index contributed by atoms with van der Waals surface area (Å²) >= 11 is 0. The Hall–Kier alpha value is -1.64. The maximum Gasteiger partial charge on any atom is 0.261 e. The molecule has 1 aliphatic rings. The number of hydrogen-bond acceptors (Lipinski definition) is 2. The predicted octanol–water partition coefficient (Wildman–Crippen LogP) is 5.02. The number of carbonyl (C=O) groups is 2. The Morgan fingerprint density at radius 3 is 1.61 bits per heavy atom. The lowest BCUT2D eigenvalue weighted by Gasteiger charge is -2.13. The van der Waals surface area contributed by atoms with E-state index in [1.54, 1.807) is 12.1 Å². The van der Waals surface area contributed by atoms with E-state index in [1.807, 2.05) is 12.1 Å². The molecule has 2 rings (SSSR count). The summed E-state index contributed by atoms with van der Waals surface area (Å²) in [5.41, 5.74) is 1.11. The van der Waals surface area contributed by atoms with E-state index in [-0.39, 0.29) is 11.8 Å². The molecular weight excluding hydrogens is 286 g/mol. The molecule has 23 heavy (non-hydrogen) atoms. The number of carbonyl (C=O) groups excluding carboxylic acids is 2. The van der Waals surface area contributed by atoms with Crippen LogP contribution in [0.4, 0.5) is 0 Å². The van der Waals surface area contributed by atoms with Crippen molar-refractivity contribution in [3.05, 3.63) is 42.3 Å². The number of amides is 2. The van der Waals surface area contributed by atoms with Gasteiger partial charge in [-0.3, -0.25) is 14.5 Å². The van der Waals surface area contributed by atoms with Gasteiger partial charge in [-0.15, -0.1) is 0 Å². The molecule has 0 aliphatic carbocycles. The van der Waals surface area contributed by atoms with E-state index in [9.17, 15) is 9.59 Å². The minimum Gasteiger partial charge on any atom is -0.274 e. The molecular formula is C20H28NO2.